The topological polar surface area (TPSA) is 60.2 Å². The van der Waals surface area contributed by atoms with E-state index in [1.165, 1.54) is 6.07 Å². The maximum Gasteiger partial charge on any atom is 0.319 e. The largest absolute Gasteiger partial charge is 0.319 e. The van der Waals surface area contributed by atoms with Gasteiger partial charge in [0.05, 0.1) is 10.3 Å². The zero-order chi connectivity index (χ0) is 12.3. The third-order valence-corrected chi connectivity index (χ3v) is 2.52. The second-order valence-corrected chi connectivity index (χ2v) is 3.54. The Morgan fingerprint density at radius 2 is 2.12 bits per heavy atom. The minimum Gasteiger partial charge on any atom is -0.287 e. The molecule has 0 heterocycles. The number of nitro groups is 1. The molecule has 0 bridgehead atoms. The molecule has 0 atom stereocenters. The van der Waals surface area contributed by atoms with E-state index in [0.29, 0.717) is 0 Å². The van der Waals surface area contributed by atoms with Crippen LogP contribution in [0.5, 0.6) is 0 Å². The predicted molar refractivity (Wildman–Crippen MR) is 56.2 cm³/mol. The lowest BCUT2D eigenvalue weighted by molar-refractivity contribution is -0.384. The molecule has 0 aliphatic rings. The highest BCUT2D eigenvalue weighted by Gasteiger charge is 2.38. The summed E-state index contributed by atoms with van der Waals surface area (Å²) in [5.41, 5.74) is -0.769. The molecule has 4 nitrogen and oxygen atoms in total. The quantitative estimate of drug-likeness (QED) is 0.371. The van der Waals surface area contributed by atoms with E-state index < -0.39 is 27.6 Å². The van der Waals surface area contributed by atoms with Crippen molar-refractivity contribution in [1.29, 1.82) is 0 Å². The molecular formula is C9H6BrF2NO3. The van der Waals surface area contributed by atoms with Crippen molar-refractivity contribution in [3.63, 3.8) is 0 Å². The molecule has 7 heteroatoms. The Bertz CT molecular complexity index is 437. The SMILES string of the molecule is O=C(c1cccc([N+](=O)[O-])c1)C(F)(F)CBr. The van der Waals surface area contributed by atoms with Crippen LogP contribution in [0.1, 0.15) is 10.4 Å². The average Bonchev–Trinajstić information content (AvgIpc) is 2.28. The van der Waals surface area contributed by atoms with Crippen LogP contribution < -0.4 is 0 Å². The zero-order valence-corrected chi connectivity index (χ0v) is 9.41. The fourth-order valence-electron chi connectivity index (χ4n) is 1.03. The number of carbonyl (C=O) groups is 1. The number of nitro benzene ring substituents is 1. The number of nitrogens with zero attached hydrogens (tertiary/aromatic N) is 1. The fourth-order valence-corrected chi connectivity index (χ4v) is 1.29. The van der Waals surface area contributed by atoms with Crippen LogP contribution in [-0.2, 0) is 0 Å². The summed E-state index contributed by atoms with van der Waals surface area (Å²) < 4.78 is 26.0. The molecule has 0 amide bonds. The van der Waals surface area contributed by atoms with E-state index in [0.717, 1.165) is 18.2 Å². The third kappa shape index (κ3) is 2.60. The first-order valence-corrected chi connectivity index (χ1v) is 5.23. The standard InChI is InChI=1S/C9H6BrF2NO3/c10-5-9(11,12)8(14)6-2-1-3-7(4-6)13(15)16/h1-4H,5H2. The summed E-state index contributed by atoms with van der Waals surface area (Å²) in [6.45, 7) is 0. The average molecular weight is 294 g/mol. The van der Waals surface area contributed by atoms with Crippen molar-refractivity contribution in [2.45, 2.75) is 5.92 Å². The van der Waals surface area contributed by atoms with Crippen LogP contribution in [0.15, 0.2) is 24.3 Å². The van der Waals surface area contributed by atoms with Gasteiger partial charge in [-0.25, -0.2) is 0 Å². The number of hydrogen-bond acceptors (Lipinski definition) is 3. The Kier molecular flexibility index (Phi) is 3.69. The molecule has 0 radical (unpaired) electrons. The normalized spacial score (nSPS) is 11.2. The molecular weight excluding hydrogens is 288 g/mol. The molecule has 0 aliphatic heterocycles. The molecule has 0 saturated carbocycles. The van der Waals surface area contributed by atoms with Crippen LogP contribution in [0.3, 0.4) is 0 Å². The monoisotopic (exact) mass is 293 g/mol. The molecule has 0 fully saturated rings. The van der Waals surface area contributed by atoms with E-state index in [1.807, 2.05) is 0 Å². The van der Waals surface area contributed by atoms with Gasteiger partial charge in [-0.15, -0.1) is 0 Å². The molecule has 0 saturated heterocycles. The molecule has 86 valence electrons. The van der Waals surface area contributed by atoms with Crippen LogP contribution >= 0.6 is 15.9 Å². The number of hydrogen-bond donors (Lipinski definition) is 0. The Hall–Kier alpha value is -1.37. The highest BCUT2D eigenvalue weighted by Crippen LogP contribution is 2.24. The first-order chi connectivity index (χ1) is 7.38. The smallest absolute Gasteiger partial charge is 0.287 e. The molecule has 1 aromatic rings. The molecule has 0 N–H and O–H groups in total. The second kappa shape index (κ2) is 4.65. The van der Waals surface area contributed by atoms with E-state index in [2.05, 4.69) is 15.9 Å². The molecule has 0 spiro atoms. The van der Waals surface area contributed by atoms with Gasteiger partial charge in [0.2, 0.25) is 5.78 Å². The highest BCUT2D eigenvalue weighted by molar-refractivity contribution is 9.09. The van der Waals surface area contributed by atoms with Gasteiger partial charge in [0.15, 0.2) is 0 Å². The molecule has 0 unspecified atom stereocenters. The van der Waals surface area contributed by atoms with Crippen molar-refractivity contribution < 1.29 is 18.5 Å². The van der Waals surface area contributed by atoms with Crippen molar-refractivity contribution in [3.05, 3.63) is 39.9 Å². The van der Waals surface area contributed by atoms with E-state index in [9.17, 15) is 23.7 Å². The van der Waals surface area contributed by atoms with E-state index in [1.54, 1.807) is 0 Å². The third-order valence-electron chi connectivity index (χ3n) is 1.82. The maximum atomic E-state index is 13.0. The van der Waals surface area contributed by atoms with Gasteiger partial charge in [-0.05, 0) is 0 Å². The summed E-state index contributed by atoms with van der Waals surface area (Å²) in [6, 6.07) is 4.27. The zero-order valence-electron chi connectivity index (χ0n) is 7.82. The number of carbonyl (C=O) groups excluding carboxylic acids is 1. The summed E-state index contributed by atoms with van der Waals surface area (Å²) in [5, 5.41) is 9.57. The van der Waals surface area contributed by atoms with Crippen molar-refractivity contribution >= 4 is 27.4 Å². The molecule has 16 heavy (non-hydrogen) atoms. The number of Topliss-reactive ketones (excluding diaryl/α,β-unsaturated/α-hetero) is 1. The highest BCUT2D eigenvalue weighted by atomic mass is 79.9. The molecule has 1 aromatic carbocycles. The summed E-state index contributed by atoms with van der Waals surface area (Å²) in [7, 11) is 0. The molecule has 0 aliphatic carbocycles. The Labute approximate surface area is 97.5 Å². The summed E-state index contributed by atoms with van der Waals surface area (Å²) in [5.74, 6) is -5.00. The van der Waals surface area contributed by atoms with E-state index >= 15 is 0 Å². The number of ketones is 1. The lowest BCUT2D eigenvalue weighted by Crippen LogP contribution is -2.30. The summed E-state index contributed by atoms with van der Waals surface area (Å²) in [6.07, 6.45) is 0. The van der Waals surface area contributed by atoms with Gasteiger partial charge < -0.3 is 0 Å². The van der Waals surface area contributed by atoms with Crippen molar-refractivity contribution in [3.8, 4) is 0 Å². The molecule has 1 rings (SSSR count). The van der Waals surface area contributed by atoms with E-state index in [-0.39, 0.29) is 5.56 Å². The minimum atomic E-state index is -3.56. The number of rotatable bonds is 4. The molecule has 0 aromatic heterocycles. The Morgan fingerprint density at radius 1 is 1.50 bits per heavy atom. The number of non-ortho nitro benzene ring substituents is 1. The van der Waals surface area contributed by atoms with Crippen LogP contribution in [-0.4, -0.2) is 22.0 Å². The second-order valence-electron chi connectivity index (χ2n) is 2.97. The van der Waals surface area contributed by atoms with Gasteiger partial charge in [-0.1, -0.05) is 28.1 Å². The van der Waals surface area contributed by atoms with Crippen molar-refractivity contribution in [2.75, 3.05) is 5.33 Å². The maximum absolute atomic E-state index is 13.0. The van der Waals surface area contributed by atoms with Gasteiger partial charge in [0.25, 0.3) is 5.69 Å². The van der Waals surface area contributed by atoms with Crippen molar-refractivity contribution in [1.82, 2.24) is 0 Å². The lowest BCUT2D eigenvalue weighted by Gasteiger charge is -2.10. The first-order valence-electron chi connectivity index (χ1n) is 4.11. The minimum absolute atomic E-state index is 0.376. The van der Waals surface area contributed by atoms with Crippen LogP contribution in [0.25, 0.3) is 0 Å². The fraction of sp³-hybridized carbons (Fsp3) is 0.222. The van der Waals surface area contributed by atoms with Gasteiger partial charge in [0.1, 0.15) is 0 Å². The number of halogens is 3. The van der Waals surface area contributed by atoms with Gasteiger partial charge in [-0.2, -0.15) is 8.78 Å². The van der Waals surface area contributed by atoms with Gasteiger partial charge >= 0.3 is 5.92 Å². The first kappa shape index (κ1) is 12.7. The van der Waals surface area contributed by atoms with Crippen molar-refractivity contribution in [2.24, 2.45) is 0 Å². The van der Waals surface area contributed by atoms with Crippen LogP contribution in [0.2, 0.25) is 0 Å². The summed E-state index contributed by atoms with van der Waals surface area (Å²) >= 11 is 2.51. The van der Waals surface area contributed by atoms with Crippen LogP contribution in [0, 0.1) is 10.1 Å². The van der Waals surface area contributed by atoms with E-state index in [4.69, 9.17) is 0 Å². The Balaban J connectivity index is 3.10. The van der Waals surface area contributed by atoms with Gasteiger partial charge in [0, 0.05) is 17.7 Å². The summed E-state index contributed by atoms with van der Waals surface area (Å²) in [4.78, 5) is 20.9. The predicted octanol–water partition coefficient (Wildman–Crippen LogP) is 2.81. The number of benzene rings is 1. The lowest BCUT2D eigenvalue weighted by atomic mass is 10.1. The van der Waals surface area contributed by atoms with Crippen LogP contribution in [0.4, 0.5) is 14.5 Å². The number of alkyl halides is 3. The van der Waals surface area contributed by atoms with Gasteiger partial charge in [-0.3, -0.25) is 14.9 Å². The Morgan fingerprint density at radius 3 is 2.62 bits per heavy atom.